The van der Waals surface area contributed by atoms with E-state index in [0.717, 1.165) is 11.1 Å². The maximum atomic E-state index is 12.2. The highest BCUT2D eigenvalue weighted by molar-refractivity contribution is 6.32. The quantitative estimate of drug-likeness (QED) is 0.416. The molecule has 0 heterocycles. The fraction of sp³-hybridized carbons (Fsp3) is 0.136. The third-order valence-electron chi connectivity index (χ3n) is 4.54. The fourth-order valence-electron chi connectivity index (χ4n) is 2.77. The Kier molecular flexibility index (Phi) is 5.45. The summed E-state index contributed by atoms with van der Waals surface area (Å²) in [4.78, 5) is 12.2. The van der Waals surface area contributed by atoms with Crippen molar-refractivity contribution in [3.8, 4) is 11.5 Å². The van der Waals surface area contributed by atoms with Crippen molar-refractivity contribution in [2.75, 3.05) is 0 Å². The van der Waals surface area contributed by atoms with Crippen LogP contribution in [0.5, 0.6) is 11.5 Å². The molecule has 0 amide bonds. The first-order chi connectivity index (χ1) is 12.8. The van der Waals surface area contributed by atoms with Crippen molar-refractivity contribution in [1.29, 1.82) is 0 Å². The Labute approximate surface area is 168 Å². The molecule has 3 nitrogen and oxygen atoms in total. The molecule has 0 saturated heterocycles. The van der Waals surface area contributed by atoms with E-state index in [2.05, 4.69) is 0 Å². The molecule has 27 heavy (non-hydrogen) atoms. The molecule has 0 aromatic heterocycles. The highest BCUT2D eigenvalue weighted by atomic mass is 35.5. The number of ether oxygens (including phenoxy) is 1. The van der Waals surface area contributed by atoms with Crippen molar-refractivity contribution < 1.29 is 14.6 Å². The average Bonchev–Trinajstić information content (AvgIpc) is 2.66. The van der Waals surface area contributed by atoms with Gasteiger partial charge in [0.2, 0.25) is 0 Å². The van der Waals surface area contributed by atoms with Crippen molar-refractivity contribution in [3.63, 3.8) is 0 Å². The smallest absolute Gasteiger partial charge is 0.343 e. The van der Waals surface area contributed by atoms with Gasteiger partial charge in [-0.2, -0.15) is 0 Å². The molecular weight excluding hydrogens is 383 g/mol. The first-order valence-electron chi connectivity index (χ1n) is 8.35. The lowest BCUT2D eigenvalue weighted by atomic mass is 9.78. The minimum atomic E-state index is -0.463. The lowest BCUT2D eigenvalue weighted by molar-refractivity contribution is 0.0735. The second-order valence-corrected chi connectivity index (χ2v) is 7.51. The Morgan fingerprint density at radius 2 is 1.48 bits per heavy atom. The molecule has 5 heteroatoms. The zero-order valence-corrected chi connectivity index (χ0v) is 16.4. The lowest BCUT2D eigenvalue weighted by Gasteiger charge is -2.27. The van der Waals surface area contributed by atoms with Crippen molar-refractivity contribution >= 4 is 29.2 Å². The third kappa shape index (κ3) is 4.10. The molecule has 0 aliphatic heterocycles. The predicted molar refractivity (Wildman–Crippen MR) is 108 cm³/mol. The Morgan fingerprint density at radius 3 is 2.07 bits per heavy atom. The molecule has 1 N–H and O–H groups in total. The van der Waals surface area contributed by atoms with Crippen LogP contribution in [0.3, 0.4) is 0 Å². The summed E-state index contributed by atoms with van der Waals surface area (Å²) in [5.41, 5.74) is 1.89. The molecule has 0 aliphatic rings. The molecule has 0 atom stereocenters. The first kappa shape index (κ1) is 19.3. The molecule has 0 aliphatic carbocycles. The standard InChI is InChI=1S/C22H18Cl2O3/c1-22(2,15-8-10-19(25)17(23)12-15)16-9-11-20(18(24)13-16)27-21(26)14-6-4-3-5-7-14/h3-13,25H,1-2H3. The summed E-state index contributed by atoms with van der Waals surface area (Å²) in [6, 6.07) is 19.2. The van der Waals surface area contributed by atoms with Crippen LogP contribution in [-0.4, -0.2) is 11.1 Å². The van der Waals surface area contributed by atoms with E-state index in [1.807, 2.05) is 32.0 Å². The molecule has 0 spiro atoms. The number of hydrogen-bond donors (Lipinski definition) is 1. The predicted octanol–water partition coefficient (Wildman–Crippen LogP) is 6.24. The zero-order chi connectivity index (χ0) is 19.6. The number of esters is 1. The molecule has 0 unspecified atom stereocenters. The maximum Gasteiger partial charge on any atom is 0.343 e. The van der Waals surface area contributed by atoms with Gasteiger partial charge in [-0.3, -0.25) is 0 Å². The van der Waals surface area contributed by atoms with Crippen LogP contribution < -0.4 is 4.74 Å². The molecular formula is C22H18Cl2O3. The molecule has 0 saturated carbocycles. The van der Waals surface area contributed by atoms with Crippen molar-refractivity contribution in [2.45, 2.75) is 19.3 Å². The summed E-state index contributed by atoms with van der Waals surface area (Å²) in [5.74, 6) is -0.124. The van der Waals surface area contributed by atoms with E-state index in [1.54, 1.807) is 48.5 Å². The van der Waals surface area contributed by atoms with Crippen LogP contribution in [0, 0.1) is 0 Å². The van der Waals surface area contributed by atoms with Gasteiger partial charge in [0.1, 0.15) is 11.5 Å². The number of carbonyl (C=O) groups excluding carboxylic acids is 1. The minimum Gasteiger partial charge on any atom is -0.506 e. The van der Waals surface area contributed by atoms with Crippen LogP contribution in [0.25, 0.3) is 0 Å². The molecule has 138 valence electrons. The van der Waals surface area contributed by atoms with E-state index in [0.29, 0.717) is 21.4 Å². The summed E-state index contributed by atoms with van der Waals surface area (Å²) < 4.78 is 5.41. The van der Waals surface area contributed by atoms with Gasteiger partial charge in [0, 0.05) is 5.41 Å². The summed E-state index contributed by atoms with van der Waals surface area (Å²) in [6.07, 6.45) is 0. The number of aromatic hydroxyl groups is 1. The van der Waals surface area contributed by atoms with E-state index in [-0.39, 0.29) is 5.75 Å². The van der Waals surface area contributed by atoms with Gasteiger partial charge in [-0.25, -0.2) is 4.79 Å². The van der Waals surface area contributed by atoms with Crippen LogP contribution >= 0.6 is 23.2 Å². The van der Waals surface area contributed by atoms with Gasteiger partial charge in [0.05, 0.1) is 15.6 Å². The maximum absolute atomic E-state index is 12.2. The summed E-state index contributed by atoms with van der Waals surface area (Å²) in [5, 5.41) is 10.3. The van der Waals surface area contributed by atoms with Crippen LogP contribution in [0.15, 0.2) is 66.7 Å². The van der Waals surface area contributed by atoms with Gasteiger partial charge in [0.15, 0.2) is 0 Å². The van der Waals surface area contributed by atoms with Gasteiger partial charge < -0.3 is 9.84 Å². The molecule has 3 aromatic carbocycles. The number of hydrogen-bond acceptors (Lipinski definition) is 3. The zero-order valence-electron chi connectivity index (χ0n) is 14.9. The number of benzene rings is 3. The normalized spacial score (nSPS) is 11.3. The number of carbonyl (C=O) groups is 1. The highest BCUT2D eigenvalue weighted by Crippen LogP contribution is 2.38. The number of phenols is 1. The number of phenolic OH excluding ortho intramolecular Hbond substituents is 1. The van der Waals surface area contributed by atoms with E-state index in [4.69, 9.17) is 27.9 Å². The third-order valence-corrected chi connectivity index (χ3v) is 5.13. The number of rotatable bonds is 4. The van der Waals surface area contributed by atoms with Crippen LogP contribution in [-0.2, 0) is 5.41 Å². The number of halogens is 2. The SMILES string of the molecule is CC(C)(c1ccc(O)c(Cl)c1)c1ccc(OC(=O)c2ccccc2)c(Cl)c1. The molecule has 3 aromatic rings. The van der Waals surface area contributed by atoms with Crippen LogP contribution in [0.4, 0.5) is 0 Å². The van der Waals surface area contributed by atoms with E-state index < -0.39 is 11.4 Å². The van der Waals surface area contributed by atoms with Crippen molar-refractivity contribution in [2.24, 2.45) is 0 Å². The Morgan fingerprint density at radius 1 is 0.889 bits per heavy atom. The Balaban J connectivity index is 1.87. The van der Waals surface area contributed by atoms with Gasteiger partial charge >= 0.3 is 5.97 Å². The molecule has 3 rings (SSSR count). The second-order valence-electron chi connectivity index (χ2n) is 6.69. The fourth-order valence-corrected chi connectivity index (χ4v) is 3.17. The second kappa shape index (κ2) is 7.63. The van der Waals surface area contributed by atoms with Gasteiger partial charge in [-0.15, -0.1) is 0 Å². The largest absolute Gasteiger partial charge is 0.506 e. The molecule has 0 fully saturated rings. The summed E-state index contributed by atoms with van der Waals surface area (Å²) in [6.45, 7) is 4.05. The average molecular weight is 401 g/mol. The lowest BCUT2D eigenvalue weighted by Crippen LogP contribution is -2.19. The Hall–Kier alpha value is -2.49. The molecule has 0 bridgehead atoms. The summed E-state index contributed by atoms with van der Waals surface area (Å²) >= 11 is 12.4. The van der Waals surface area contributed by atoms with Gasteiger partial charge in [-0.05, 0) is 47.5 Å². The monoisotopic (exact) mass is 400 g/mol. The van der Waals surface area contributed by atoms with Gasteiger partial charge in [0.25, 0.3) is 0 Å². The van der Waals surface area contributed by atoms with Crippen LogP contribution in [0.2, 0.25) is 10.0 Å². The topological polar surface area (TPSA) is 46.5 Å². The van der Waals surface area contributed by atoms with E-state index >= 15 is 0 Å². The van der Waals surface area contributed by atoms with E-state index in [1.165, 1.54) is 0 Å². The van der Waals surface area contributed by atoms with E-state index in [9.17, 15) is 9.90 Å². The van der Waals surface area contributed by atoms with Gasteiger partial charge in [-0.1, -0.05) is 67.4 Å². The highest BCUT2D eigenvalue weighted by Gasteiger charge is 2.25. The minimum absolute atomic E-state index is 0.0393. The molecule has 0 radical (unpaired) electrons. The van der Waals surface area contributed by atoms with Crippen molar-refractivity contribution in [1.82, 2.24) is 0 Å². The van der Waals surface area contributed by atoms with Crippen molar-refractivity contribution in [3.05, 3.63) is 93.5 Å². The van der Waals surface area contributed by atoms with Crippen LogP contribution in [0.1, 0.15) is 35.3 Å². The Bertz CT molecular complexity index is 982. The first-order valence-corrected chi connectivity index (χ1v) is 9.11. The summed E-state index contributed by atoms with van der Waals surface area (Å²) in [7, 11) is 0.